The highest BCUT2D eigenvalue weighted by Gasteiger charge is 2.29. The Kier molecular flexibility index (Phi) is 6.61. The van der Waals surface area contributed by atoms with Gasteiger partial charge in [-0.2, -0.15) is 0 Å². The van der Waals surface area contributed by atoms with E-state index in [2.05, 4.69) is 41.1 Å². The fraction of sp³-hybridized carbons (Fsp3) is 0.550. The van der Waals surface area contributed by atoms with E-state index >= 15 is 0 Å². The molecule has 28 heavy (non-hydrogen) atoms. The first-order chi connectivity index (χ1) is 13.4. The number of methoxy groups -OCH3 is 1. The Bertz CT molecular complexity index is 801. The van der Waals surface area contributed by atoms with Crippen LogP contribution < -0.4 is 15.0 Å². The number of carbonyl (C=O) groups excluding carboxylic acids is 1. The van der Waals surface area contributed by atoms with Crippen molar-refractivity contribution in [2.24, 2.45) is 0 Å². The van der Waals surface area contributed by atoms with E-state index < -0.39 is 0 Å². The van der Waals surface area contributed by atoms with Crippen LogP contribution in [0.2, 0.25) is 0 Å². The van der Waals surface area contributed by atoms with E-state index in [1.54, 1.807) is 7.11 Å². The molecular formula is C20H30N5O2S+. The van der Waals surface area contributed by atoms with Crippen molar-refractivity contribution in [1.29, 1.82) is 0 Å². The van der Waals surface area contributed by atoms with Crippen LogP contribution in [0.1, 0.15) is 45.0 Å². The molecule has 1 aliphatic carbocycles. The number of carbonyl (C=O) groups is 1. The molecule has 1 aromatic heterocycles. The first kappa shape index (κ1) is 20.7. The fourth-order valence-corrected chi connectivity index (χ4v) is 4.05. The maximum atomic E-state index is 12.4. The molecule has 0 radical (unpaired) electrons. The van der Waals surface area contributed by atoms with Gasteiger partial charge in [-0.25, -0.2) is 0 Å². The lowest BCUT2D eigenvalue weighted by atomic mass is 10.2. The van der Waals surface area contributed by atoms with Gasteiger partial charge >= 0.3 is 0 Å². The van der Waals surface area contributed by atoms with Gasteiger partial charge in [0, 0.05) is 18.2 Å². The van der Waals surface area contributed by atoms with Crippen molar-refractivity contribution in [3.8, 4) is 11.4 Å². The van der Waals surface area contributed by atoms with Gasteiger partial charge in [0.15, 0.2) is 11.0 Å². The molecule has 2 aromatic rings. The minimum Gasteiger partial charge on any atom is -0.497 e. The summed E-state index contributed by atoms with van der Waals surface area (Å²) in [7, 11) is 5.91. The van der Waals surface area contributed by atoms with Crippen molar-refractivity contribution in [1.82, 2.24) is 20.1 Å². The zero-order valence-corrected chi connectivity index (χ0v) is 18.0. The summed E-state index contributed by atoms with van der Waals surface area (Å²) >= 11 is 1.45. The number of quaternary nitrogens is 1. The van der Waals surface area contributed by atoms with Crippen LogP contribution in [-0.4, -0.2) is 53.2 Å². The van der Waals surface area contributed by atoms with E-state index in [9.17, 15) is 4.79 Å². The fourth-order valence-electron chi connectivity index (χ4n) is 3.16. The van der Waals surface area contributed by atoms with Crippen LogP contribution in [-0.2, 0) is 4.79 Å². The number of hydrogen-bond acceptors (Lipinski definition) is 5. The lowest BCUT2D eigenvalue weighted by Crippen LogP contribution is -3.06. The van der Waals surface area contributed by atoms with Crippen molar-refractivity contribution >= 4 is 17.7 Å². The van der Waals surface area contributed by atoms with Crippen molar-refractivity contribution in [2.75, 3.05) is 21.2 Å². The summed E-state index contributed by atoms with van der Waals surface area (Å²) < 4.78 is 7.37. The topological polar surface area (TPSA) is 73.5 Å². The molecule has 2 atom stereocenters. The molecule has 1 aliphatic rings. The zero-order chi connectivity index (χ0) is 20.3. The van der Waals surface area contributed by atoms with Crippen molar-refractivity contribution in [3.63, 3.8) is 0 Å². The van der Waals surface area contributed by atoms with Crippen LogP contribution in [0.3, 0.4) is 0 Å². The molecule has 152 valence electrons. The maximum Gasteiger partial charge on any atom is 0.233 e. The number of nitrogens with one attached hydrogen (secondary N) is 2. The van der Waals surface area contributed by atoms with E-state index in [4.69, 9.17) is 4.74 Å². The predicted molar refractivity (Wildman–Crippen MR) is 110 cm³/mol. The molecule has 0 unspecified atom stereocenters. The molecule has 1 amide bonds. The second-order valence-corrected chi connectivity index (χ2v) is 8.76. The van der Waals surface area contributed by atoms with Gasteiger partial charge in [-0.05, 0) is 44.0 Å². The van der Waals surface area contributed by atoms with Crippen molar-refractivity contribution < 1.29 is 14.4 Å². The van der Waals surface area contributed by atoms with Gasteiger partial charge in [0.1, 0.15) is 11.8 Å². The molecule has 7 nitrogen and oxygen atoms in total. The normalized spacial score (nSPS) is 16.1. The SMILES string of the molecule is CC[C@@H](c1nnc(S[C@H](C)C(=O)NC2CC2)n1-c1ccc(OC)cc1)[NH+](C)C. The average Bonchev–Trinajstić information content (AvgIpc) is 3.41. The van der Waals surface area contributed by atoms with E-state index in [0.717, 1.165) is 41.7 Å². The Morgan fingerprint density at radius 1 is 1.32 bits per heavy atom. The Labute approximate surface area is 170 Å². The summed E-state index contributed by atoms with van der Waals surface area (Å²) in [6.07, 6.45) is 3.11. The first-order valence-electron chi connectivity index (χ1n) is 9.81. The summed E-state index contributed by atoms with van der Waals surface area (Å²) in [4.78, 5) is 13.7. The first-order valence-corrected chi connectivity index (χ1v) is 10.7. The van der Waals surface area contributed by atoms with Gasteiger partial charge in [0.05, 0.1) is 26.5 Å². The van der Waals surface area contributed by atoms with Crippen molar-refractivity contribution in [3.05, 3.63) is 30.1 Å². The molecule has 1 fully saturated rings. The standard InChI is InChI=1S/C20H29N5O2S/c1-6-17(24(3)4)18-22-23-20(28-13(2)19(26)21-14-7-8-14)25(18)15-9-11-16(27-5)12-10-15/h9-14,17H,6-8H2,1-5H3,(H,21,26)/p+1/t13-,17+/m1/s1. The zero-order valence-electron chi connectivity index (χ0n) is 17.2. The average molecular weight is 405 g/mol. The molecule has 8 heteroatoms. The van der Waals surface area contributed by atoms with Crippen molar-refractivity contribution in [2.45, 2.75) is 55.6 Å². The Morgan fingerprint density at radius 3 is 2.54 bits per heavy atom. The molecular weight excluding hydrogens is 374 g/mol. The van der Waals surface area contributed by atoms with Crippen LogP contribution in [0, 0.1) is 0 Å². The molecule has 0 saturated heterocycles. The van der Waals surface area contributed by atoms with E-state index in [1.807, 2.05) is 31.2 Å². The minimum atomic E-state index is -0.235. The van der Waals surface area contributed by atoms with Crippen LogP contribution in [0.5, 0.6) is 5.75 Å². The minimum absolute atomic E-state index is 0.0589. The highest BCUT2D eigenvalue weighted by atomic mass is 32.2. The Balaban J connectivity index is 1.94. The molecule has 2 N–H and O–H groups in total. The number of ether oxygens (including phenoxy) is 1. The Morgan fingerprint density at radius 2 is 2.00 bits per heavy atom. The predicted octanol–water partition coefficient (Wildman–Crippen LogP) is 1.63. The summed E-state index contributed by atoms with van der Waals surface area (Å²) in [6, 6.07) is 8.43. The van der Waals surface area contributed by atoms with Gasteiger partial charge < -0.3 is 15.0 Å². The number of nitrogens with zero attached hydrogens (tertiary/aromatic N) is 3. The van der Waals surface area contributed by atoms with Gasteiger partial charge in [0.25, 0.3) is 0 Å². The Hall–Kier alpha value is -2.06. The molecule has 3 rings (SSSR count). The maximum absolute atomic E-state index is 12.4. The summed E-state index contributed by atoms with van der Waals surface area (Å²) in [5.41, 5.74) is 0.970. The number of hydrogen-bond donors (Lipinski definition) is 2. The number of amides is 1. The molecule has 0 bridgehead atoms. The molecule has 1 aromatic carbocycles. The number of thioether (sulfide) groups is 1. The van der Waals surface area contributed by atoms with Crippen LogP contribution in [0.4, 0.5) is 0 Å². The van der Waals surface area contributed by atoms with Gasteiger partial charge in [-0.1, -0.05) is 18.7 Å². The molecule has 0 spiro atoms. The number of aromatic nitrogens is 3. The number of benzene rings is 1. The van der Waals surface area contributed by atoms with Gasteiger partial charge in [0.2, 0.25) is 5.91 Å². The monoisotopic (exact) mass is 404 g/mol. The van der Waals surface area contributed by atoms with E-state index in [0.29, 0.717) is 6.04 Å². The summed E-state index contributed by atoms with van der Waals surface area (Å²) in [5.74, 6) is 1.77. The highest BCUT2D eigenvalue weighted by Crippen LogP contribution is 2.29. The molecule has 1 saturated carbocycles. The van der Waals surface area contributed by atoms with Crippen LogP contribution >= 0.6 is 11.8 Å². The quantitative estimate of drug-likeness (QED) is 0.622. The third-order valence-electron chi connectivity index (χ3n) is 4.98. The highest BCUT2D eigenvalue weighted by molar-refractivity contribution is 8.00. The third-order valence-corrected chi connectivity index (χ3v) is 6.02. The summed E-state index contributed by atoms with van der Waals surface area (Å²) in [5, 5.41) is 12.5. The van der Waals surface area contributed by atoms with Crippen LogP contribution in [0.25, 0.3) is 5.69 Å². The summed E-state index contributed by atoms with van der Waals surface area (Å²) in [6.45, 7) is 4.08. The van der Waals surface area contributed by atoms with Gasteiger partial charge in [-0.3, -0.25) is 9.36 Å². The van der Waals surface area contributed by atoms with Crippen LogP contribution in [0.15, 0.2) is 29.4 Å². The largest absolute Gasteiger partial charge is 0.497 e. The second kappa shape index (κ2) is 8.96. The van der Waals surface area contributed by atoms with E-state index in [-0.39, 0.29) is 17.2 Å². The molecule has 1 heterocycles. The lowest BCUT2D eigenvalue weighted by molar-refractivity contribution is -0.893. The third kappa shape index (κ3) is 4.67. The number of rotatable bonds is 9. The lowest BCUT2D eigenvalue weighted by Gasteiger charge is -2.21. The smallest absolute Gasteiger partial charge is 0.233 e. The van der Waals surface area contributed by atoms with Gasteiger partial charge in [-0.15, -0.1) is 10.2 Å². The molecule has 0 aliphatic heterocycles. The second-order valence-electron chi connectivity index (χ2n) is 7.46. The van der Waals surface area contributed by atoms with E-state index in [1.165, 1.54) is 16.7 Å².